The molecular weight excluding hydrogens is 445 g/mol. The quantitative estimate of drug-likeness (QED) is 0.315. The number of hydrogen-bond donors (Lipinski definition) is 0. The first-order chi connectivity index (χ1) is 14.8. The van der Waals surface area contributed by atoms with E-state index >= 15 is 0 Å². The van der Waals surface area contributed by atoms with E-state index in [1.807, 2.05) is 19.1 Å². The van der Waals surface area contributed by atoms with Gasteiger partial charge in [-0.2, -0.15) is 13.2 Å². The van der Waals surface area contributed by atoms with Gasteiger partial charge in [-0.15, -0.1) is 10.2 Å². The van der Waals surface area contributed by atoms with Gasteiger partial charge < -0.3 is 0 Å². The molecule has 0 fully saturated rings. The third-order valence-electron chi connectivity index (χ3n) is 4.64. The largest absolute Gasteiger partial charge is 0.416 e. The number of pyridine rings is 1. The van der Waals surface area contributed by atoms with Gasteiger partial charge in [-0.05, 0) is 48.4 Å². The number of thioether (sulfide) groups is 1. The molecule has 0 saturated heterocycles. The van der Waals surface area contributed by atoms with Crippen LogP contribution in [0.3, 0.4) is 0 Å². The van der Waals surface area contributed by atoms with Crippen molar-refractivity contribution in [2.24, 2.45) is 0 Å². The Bertz CT molecular complexity index is 1210. The highest BCUT2D eigenvalue weighted by Crippen LogP contribution is 2.36. The molecule has 0 N–H and O–H groups in total. The van der Waals surface area contributed by atoms with Crippen LogP contribution in [-0.4, -0.2) is 19.7 Å². The molecule has 4 aromatic rings. The van der Waals surface area contributed by atoms with Gasteiger partial charge in [-0.1, -0.05) is 47.6 Å². The Balaban J connectivity index is 1.78. The van der Waals surface area contributed by atoms with Gasteiger partial charge in [-0.3, -0.25) is 9.55 Å². The van der Waals surface area contributed by atoms with Gasteiger partial charge in [0.05, 0.1) is 11.3 Å². The third-order valence-corrected chi connectivity index (χ3v) is 5.86. The van der Waals surface area contributed by atoms with E-state index in [4.69, 9.17) is 11.6 Å². The average Bonchev–Trinajstić information content (AvgIpc) is 3.18. The number of rotatable bonds is 5. The standard InChI is InChI=1S/C22H16ClF3N4S/c1-14-8-9-17(23)11-19(14)30-20(15-6-4-10-27-12-15)28-29-21(30)31-13-16-5-2-3-7-18(16)22(24,25)26/h2-12H,13H2,1H3. The van der Waals surface area contributed by atoms with Crippen molar-refractivity contribution in [1.82, 2.24) is 19.7 Å². The van der Waals surface area contributed by atoms with Gasteiger partial charge in [0, 0.05) is 28.7 Å². The van der Waals surface area contributed by atoms with Crippen LogP contribution in [-0.2, 0) is 11.9 Å². The highest BCUT2D eigenvalue weighted by molar-refractivity contribution is 7.98. The normalized spacial score (nSPS) is 11.6. The van der Waals surface area contributed by atoms with Crippen molar-refractivity contribution in [3.8, 4) is 17.1 Å². The molecular formula is C22H16ClF3N4S. The number of alkyl halides is 3. The molecule has 4 nitrogen and oxygen atoms in total. The summed E-state index contributed by atoms with van der Waals surface area (Å²) in [6.07, 6.45) is -1.11. The lowest BCUT2D eigenvalue weighted by molar-refractivity contribution is -0.138. The first-order valence-corrected chi connectivity index (χ1v) is 10.6. The van der Waals surface area contributed by atoms with Crippen molar-refractivity contribution >= 4 is 23.4 Å². The number of aryl methyl sites for hydroxylation is 1. The second-order valence-electron chi connectivity index (χ2n) is 6.76. The van der Waals surface area contributed by atoms with E-state index in [1.165, 1.54) is 23.9 Å². The zero-order valence-electron chi connectivity index (χ0n) is 16.3. The second kappa shape index (κ2) is 8.72. The van der Waals surface area contributed by atoms with Gasteiger partial charge in [0.15, 0.2) is 11.0 Å². The van der Waals surface area contributed by atoms with Crippen molar-refractivity contribution in [2.75, 3.05) is 0 Å². The van der Waals surface area contributed by atoms with E-state index in [0.717, 1.165) is 22.9 Å². The number of halogens is 4. The summed E-state index contributed by atoms with van der Waals surface area (Å²) >= 11 is 7.41. The van der Waals surface area contributed by atoms with Crippen molar-refractivity contribution < 1.29 is 13.2 Å². The molecule has 158 valence electrons. The maximum atomic E-state index is 13.4. The molecule has 0 saturated carbocycles. The molecule has 9 heteroatoms. The third kappa shape index (κ3) is 4.60. The highest BCUT2D eigenvalue weighted by Gasteiger charge is 2.33. The monoisotopic (exact) mass is 460 g/mol. The minimum atomic E-state index is -4.42. The van der Waals surface area contributed by atoms with Crippen molar-refractivity contribution in [3.63, 3.8) is 0 Å². The molecule has 2 aromatic heterocycles. The highest BCUT2D eigenvalue weighted by atomic mass is 35.5. The van der Waals surface area contributed by atoms with E-state index in [1.54, 1.807) is 41.2 Å². The zero-order chi connectivity index (χ0) is 22.0. The molecule has 2 heterocycles. The molecule has 0 unspecified atom stereocenters. The van der Waals surface area contributed by atoms with E-state index in [9.17, 15) is 13.2 Å². The maximum Gasteiger partial charge on any atom is 0.416 e. The predicted octanol–water partition coefficient (Wildman–Crippen LogP) is 6.60. The summed E-state index contributed by atoms with van der Waals surface area (Å²) < 4.78 is 41.9. The molecule has 0 aliphatic carbocycles. The molecule has 2 aromatic carbocycles. The summed E-state index contributed by atoms with van der Waals surface area (Å²) in [6, 6.07) is 14.6. The Morgan fingerprint density at radius 2 is 1.84 bits per heavy atom. The Morgan fingerprint density at radius 1 is 1.03 bits per heavy atom. The molecule has 4 rings (SSSR count). The van der Waals surface area contributed by atoms with Crippen LogP contribution in [0.1, 0.15) is 16.7 Å². The molecule has 0 bridgehead atoms. The second-order valence-corrected chi connectivity index (χ2v) is 8.14. The van der Waals surface area contributed by atoms with E-state index in [2.05, 4.69) is 15.2 Å². The lowest BCUT2D eigenvalue weighted by Crippen LogP contribution is -2.08. The first-order valence-electron chi connectivity index (χ1n) is 9.25. The number of hydrogen-bond acceptors (Lipinski definition) is 4. The van der Waals surface area contributed by atoms with Gasteiger partial charge >= 0.3 is 6.18 Å². The van der Waals surface area contributed by atoms with Crippen LogP contribution >= 0.6 is 23.4 Å². The van der Waals surface area contributed by atoms with Crippen LogP contribution in [0.4, 0.5) is 13.2 Å². The van der Waals surface area contributed by atoms with Crippen LogP contribution in [0.25, 0.3) is 17.1 Å². The van der Waals surface area contributed by atoms with Crippen LogP contribution in [0.15, 0.2) is 72.1 Å². The summed E-state index contributed by atoms with van der Waals surface area (Å²) in [5.74, 6) is 0.616. The predicted molar refractivity (Wildman–Crippen MR) is 115 cm³/mol. The lowest BCUT2D eigenvalue weighted by Gasteiger charge is -2.15. The SMILES string of the molecule is Cc1ccc(Cl)cc1-n1c(SCc2ccccc2C(F)(F)F)nnc1-c1cccnc1. The Labute approximate surface area is 186 Å². The Hall–Kier alpha value is -2.84. The first kappa shape index (κ1) is 21.4. The molecule has 31 heavy (non-hydrogen) atoms. The van der Waals surface area contributed by atoms with Crippen LogP contribution in [0.5, 0.6) is 0 Å². The Morgan fingerprint density at radius 3 is 2.58 bits per heavy atom. The summed E-state index contributed by atoms with van der Waals surface area (Å²) in [6.45, 7) is 1.92. The van der Waals surface area contributed by atoms with E-state index < -0.39 is 11.7 Å². The van der Waals surface area contributed by atoms with Gasteiger partial charge in [0.2, 0.25) is 0 Å². The molecule has 0 atom stereocenters. The molecule has 0 amide bonds. The minimum absolute atomic E-state index is 0.0838. The number of nitrogens with zero attached hydrogens (tertiary/aromatic N) is 4. The fourth-order valence-electron chi connectivity index (χ4n) is 3.15. The summed E-state index contributed by atoms with van der Waals surface area (Å²) in [4.78, 5) is 4.14. The number of aromatic nitrogens is 4. The van der Waals surface area contributed by atoms with E-state index in [0.29, 0.717) is 16.0 Å². The zero-order valence-corrected chi connectivity index (χ0v) is 17.8. The smallest absolute Gasteiger partial charge is 0.270 e. The molecule has 0 spiro atoms. The Kier molecular flexibility index (Phi) is 6.02. The molecule has 0 aliphatic rings. The fraction of sp³-hybridized carbons (Fsp3) is 0.136. The lowest BCUT2D eigenvalue weighted by atomic mass is 10.1. The number of benzene rings is 2. The van der Waals surface area contributed by atoms with Crippen molar-refractivity contribution in [3.05, 3.63) is 88.7 Å². The van der Waals surface area contributed by atoms with E-state index in [-0.39, 0.29) is 11.3 Å². The van der Waals surface area contributed by atoms with Gasteiger partial charge in [0.1, 0.15) is 0 Å². The van der Waals surface area contributed by atoms with Crippen molar-refractivity contribution in [2.45, 2.75) is 24.0 Å². The maximum absolute atomic E-state index is 13.4. The minimum Gasteiger partial charge on any atom is -0.270 e. The fourth-order valence-corrected chi connectivity index (χ4v) is 4.27. The molecule has 0 aliphatic heterocycles. The van der Waals surface area contributed by atoms with Crippen LogP contribution < -0.4 is 0 Å². The van der Waals surface area contributed by atoms with Crippen LogP contribution in [0.2, 0.25) is 5.02 Å². The van der Waals surface area contributed by atoms with Gasteiger partial charge in [-0.25, -0.2) is 0 Å². The summed E-state index contributed by atoms with van der Waals surface area (Å²) in [7, 11) is 0. The topological polar surface area (TPSA) is 43.6 Å². The van der Waals surface area contributed by atoms with Crippen molar-refractivity contribution in [1.29, 1.82) is 0 Å². The average molecular weight is 461 g/mol. The summed E-state index contributed by atoms with van der Waals surface area (Å²) in [5, 5.41) is 9.57. The van der Waals surface area contributed by atoms with Gasteiger partial charge in [0.25, 0.3) is 0 Å². The summed E-state index contributed by atoms with van der Waals surface area (Å²) in [5.41, 5.74) is 1.94. The van der Waals surface area contributed by atoms with Crippen LogP contribution in [0, 0.1) is 6.92 Å². The molecule has 0 radical (unpaired) electrons.